The van der Waals surface area contributed by atoms with Crippen LogP contribution in [0.5, 0.6) is 0 Å². The molecule has 1 N–H and O–H groups in total. The van der Waals surface area contributed by atoms with Gasteiger partial charge >= 0.3 is 0 Å². The lowest BCUT2D eigenvalue weighted by Crippen LogP contribution is -2.37. The minimum absolute atomic E-state index is 0.656. The number of hydrogen-bond acceptors (Lipinski definition) is 1. The average Bonchev–Trinajstić information content (AvgIpc) is 2.45. The van der Waals surface area contributed by atoms with Crippen molar-refractivity contribution in [3.05, 3.63) is 54.3 Å². The molecule has 1 heteroatoms. The van der Waals surface area contributed by atoms with Gasteiger partial charge in [0.1, 0.15) is 0 Å². The number of rotatable bonds is 5. The van der Waals surface area contributed by atoms with Gasteiger partial charge in [0, 0.05) is 12.6 Å². The second kappa shape index (κ2) is 7.20. The van der Waals surface area contributed by atoms with Crippen LogP contribution in [0.3, 0.4) is 0 Å². The molecule has 1 aromatic carbocycles. The third-order valence-electron chi connectivity index (χ3n) is 3.89. The van der Waals surface area contributed by atoms with Gasteiger partial charge in [-0.1, -0.05) is 49.8 Å². The standard InChI is InChI=1S/C17H23N/c1-2-3-11-16-12-7-8-13-17(16)18-14-15-9-5-4-6-10-15/h3-6,9-10,16-18H,1,7-8,11-14H2/t16-,17-/m0/s1. The number of nitrogens with one attached hydrogen (secondary N) is 1. The molecule has 0 bridgehead atoms. The maximum atomic E-state index is 3.73. The first-order valence-electron chi connectivity index (χ1n) is 7.02. The van der Waals surface area contributed by atoms with E-state index in [1.165, 1.54) is 31.2 Å². The van der Waals surface area contributed by atoms with Gasteiger partial charge in [-0.3, -0.25) is 0 Å². The van der Waals surface area contributed by atoms with Gasteiger partial charge in [0.15, 0.2) is 0 Å². The summed E-state index contributed by atoms with van der Waals surface area (Å²) in [5, 5.41) is 3.73. The highest BCUT2D eigenvalue weighted by atomic mass is 14.9. The summed E-state index contributed by atoms with van der Waals surface area (Å²) in [6, 6.07) is 11.3. The van der Waals surface area contributed by atoms with Gasteiger partial charge in [0.2, 0.25) is 0 Å². The quantitative estimate of drug-likeness (QED) is 0.766. The molecule has 1 aliphatic carbocycles. The number of benzene rings is 1. The first kappa shape index (κ1) is 13.1. The lowest BCUT2D eigenvalue weighted by atomic mass is 9.82. The lowest BCUT2D eigenvalue weighted by Gasteiger charge is -2.31. The summed E-state index contributed by atoms with van der Waals surface area (Å²) in [7, 11) is 0. The summed E-state index contributed by atoms with van der Waals surface area (Å²) in [6.07, 6.45) is 8.59. The van der Waals surface area contributed by atoms with Crippen molar-refractivity contribution < 1.29 is 0 Å². The van der Waals surface area contributed by atoms with Gasteiger partial charge in [0.05, 0.1) is 0 Å². The minimum atomic E-state index is 0.656. The Bertz CT molecular complexity index is 389. The summed E-state index contributed by atoms with van der Waals surface area (Å²) in [5.74, 6) is 0.761. The molecule has 1 aliphatic rings. The normalized spacial score (nSPS) is 23.3. The third kappa shape index (κ3) is 3.87. The fourth-order valence-corrected chi connectivity index (χ4v) is 2.84. The zero-order valence-electron chi connectivity index (χ0n) is 11.1. The molecule has 0 unspecified atom stereocenters. The van der Waals surface area contributed by atoms with E-state index in [1.807, 2.05) is 0 Å². The molecule has 2 atom stereocenters. The molecular weight excluding hydrogens is 218 g/mol. The van der Waals surface area contributed by atoms with E-state index in [0.29, 0.717) is 6.04 Å². The monoisotopic (exact) mass is 241 g/mol. The molecular formula is C17H23N. The van der Waals surface area contributed by atoms with Gasteiger partial charge in [0.25, 0.3) is 0 Å². The van der Waals surface area contributed by atoms with Crippen molar-refractivity contribution in [2.24, 2.45) is 5.92 Å². The molecule has 1 fully saturated rings. The first-order valence-corrected chi connectivity index (χ1v) is 7.02. The van der Waals surface area contributed by atoms with E-state index < -0.39 is 0 Å². The molecule has 0 aromatic heterocycles. The van der Waals surface area contributed by atoms with Crippen LogP contribution < -0.4 is 5.32 Å². The molecule has 96 valence electrons. The Morgan fingerprint density at radius 3 is 2.78 bits per heavy atom. The zero-order valence-corrected chi connectivity index (χ0v) is 11.1. The Hall–Kier alpha value is -1.30. The van der Waals surface area contributed by atoms with Crippen LogP contribution in [0.25, 0.3) is 0 Å². The molecule has 18 heavy (non-hydrogen) atoms. The molecule has 1 aromatic rings. The van der Waals surface area contributed by atoms with Gasteiger partial charge in [-0.2, -0.15) is 0 Å². The third-order valence-corrected chi connectivity index (χ3v) is 3.89. The second-order valence-electron chi connectivity index (χ2n) is 5.16. The SMILES string of the molecule is C=C=CC[C@H]1CCCC[C@@H]1NCc1ccccc1. The molecule has 0 radical (unpaired) electrons. The van der Waals surface area contributed by atoms with Crippen LogP contribution in [0.1, 0.15) is 37.7 Å². The largest absolute Gasteiger partial charge is 0.310 e. The predicted octanol–water partition coefficient (Wildman–Crippen LogP) is 4.07. The second-order valence-corrected chi connectivity index (χ2v) is 5.16. The summed E-state index contributed by atoms with van der Waals surface area (Å²) in [4.78, 5) is 0. The van der Waals surface area contributed by atoms with Crippen LogP contribution in [0.2, 0.25) is 0 Å². The van der Waals surface area contributed by atoms with Crippen molar-refractivity contribution in [2.75, 3.05) is 0 Å². The van der Waals surface area contributed by atoms with Crippen LogP contribution >= 0.6 is 0 Å². The molecule has 0 spiro atoms. The summed E-state index contributed by atoms with van der Waals surface area (Å²) in [5.41, 5.74) is 4.28. The topological polar surface area (TPSA) is 12.0 Å². The van der Waals surface area contributed by atoms with Gasteiger partial charge in [-0.15, -0.1) is 5.73 Å². The van der Waals surface area contributed by atoms with Crippen molar-refractivity contribution in [2.45, 2.75) is 44.7 Å². The van der Waals surface area contributed by atoms with Crippen molar-refractivity contribution in [3.8, 4) is 0 Å². The van der Waals surface area contributed by atoms with E-state index >= 15 is 0 Å². The number of allylic oxidation sites excluding steroid dienone is 1. The zero-order chi connectivity index (χ0) is 12.6. The van der Waals surface area contributed by atoms with E-state index in [1.54, 1.807) is 0 Å². The lowest BCUT2D eigenvalue weighted by molar-refractivity contribution is 0.262. The summed E-state index contributed by atoms with van der Waals surface area (Å²) >= 11 is 0. The maximum Gasteiger partial charge on any atom is 0.0208 e. The van der Waals surface area contributed by atoms with Crippen LogP contribution in [0, 0.1) is 5.92 Å². The molecule has 0 aliphatic heterocycles. The highest BCUT2D eigenvalue weighted by Crippen LogP contribution is 2.27. The van der Waals surface area contributed by atoms with Crippen molar-refractivity contribution >= 4 is 0 Å². The highest BCUT2D eigenvalue weighted by Gasteiger charge is 2.23. The Balaban J connectivity index is 1.87. The van der Waals surface area contributed by atoms with Crippen LogP contribution in [-0.2, 0) is 6.54 Å². The van der Waals surface area contributed by atoms with Crippen molar-refractivity contribution in [1.29, 1.82) is 0 Å². The first-order chi connectivity index (χ1) is 8.90. The molecule has 0 saturated heterocycles. The molecule has 0 amide bonds. The van der Waals surface area contributed by atoms with Crippen LogP contribution in [0.4, 0.5) is 0 Å². The summed E-state index contributed by atoms with van der Waals surface area (Å²) < 4.78 is 0. The van der Waals surface area contributed by atoms with Gasteiger partial charge < -0.3 is 5.32 Å². The number of hydrogen-bond donors (Lipinski definition) is 1. The van der Waals surface area contributed by atoms with E-state index in [4.69, 9.17) is 0 Å². The van der Waals surface area contributed by atoms with Crippen LogP contribution in [0.15, 0.2) is 48.7 Å². The molecule has 2 rings (SSSR count). The minimum Gasteiger partial charge on any atom is -0.310 e. The van der Waals surface area contributed by atoms with E-state index in [2.05, 4.69) is 54.0 Å². The summed E-state index contributed by atoms with van der Waals surface area (Å²) in [6.45, 7) is 4.65. The molecule has 1 nitrogen and oxygen atoms in total. The fourth-order valence-electron chi connectivity index (χ4n) is 2.84. The average molecular weight is 241 g/mol. The Labute approximate surface area is 111 Å². The molecule has 0 heterocycles. The van der Waals surface area contributed by atoms with Crippen LogP contribution in [-0.4, -0.2) is 6.04 Å². The smallest absolute Gasteiger partial charge is 0.0208 e. The predicted molar refractivity (Wildman–Crippen MR) is 77.4 cm³/mol. The highest BCUT2D eigenvalue weighted by molar-refractivity contribution is 5.14. The van der Waals surface area contributed by atoms with E-state index in [-0.39, 0.29) is 0 Å². The van der Waals surface area contributed by atoms with E-state index in [0.717, 1.165) is 18.9 Å². The van der Waals surface area contributed by atoms with Gasteiger partial charge in [-0.05, 0) is 36.8 Å². The maximum absolute atomic E-state index is 3.73. The Morgan fingerprint density at radius 1 is 1.22 bits per heavy atom. The van der Waals surface area contributed by atoms with E-state index in [9.17, 15) is 0 Å². The Morgan fingerprint density at radius 2 is 2.00 bits per heavy atom. The Kier molecular flexibility index (Phi) is 5.26. The fraction of sp³-hybridized carbons (Fsp3) is 0.471. The van der Waals surface area contributed by atoms with Gasteiger partial charge in [-0.25, -0.2) is 0 Å². The van der Waals surface area contributed by atoms with Crippen molar-refractivity contribution in [3.63, 3.8) is 0 Å². The van der Waals surface area contributed by atoms with Crippen molar-refractivity contribution in [1.82, 2.24) is 5.32 Å². The molecule has 1 saturated carbocycles.